The van der Waals surface area contributed by atoms with Crippen LogP contribution >= 0.6 is 0 Å². The molecule has 1 aliphatic rings. The summed E-state index contributed by atoms with van der Waals surface area (Å²) in [5.74, 6) is 1.05. The number of pyridine rings is 1. The highest BCUT2D eigenvalue weighted by molar-refractivity contribution is 5.52. The third kappa shape index (κ3) is 2.75. The molecule has 0 aliphatic carbocycles. The average molecular weight is 248 g/mol. The van der Waals surface area contributed by atoms with Gasteiger partial charge in [0, 0.05) is 31.7 Å². The number of nitrogen functional groups attached to an aromatic ring is 1. The minimum atomic E-state index is 0.260. The zero-order valence-corrected chi connectivity index (χ0v) is 11.9. The summed E-state index contributed by atoms with van der Waals surface area (Å²) in [4.78, 5) is 9.30. The van der Waals surface area contributed by atoms with E-state index in [0.29, 0.717) is 0 Å². The molecule has 1 aliphatic heterocycles. The van der Waals surface area contributed by atoms with Crippen LogP contribution in [0.2, 0.25) is 0 Å². The molecule has 0 radical (unpaired) electrons. The Bertz CT molecular complexity index is 414. The first kappa shape index (κ1) is 13.1. The average Bonchev–Trinajstić information content (AvgIpc) is 2.32. The van der Waals surface area contributed by atoms with Gasteiger partial charge in [-0.3, -0.25) is 4.90 Å². The Hall–Kier alpha value is -1.29. The molecule has 2 N–H and O–H groups in total. The van der Waals surface area contributed by atoms with E-state index in [9.17, 15) is 0 Å². The molecule has 100 valence electrons. The Morgan fingerprint density at radius 3 is 2.28 bits per heavy atom. The number of rotatable bonds is 1. The van der Waals surface area contributed by atoms with Gasteiger partial charge >= 0.3 is 0 Å². The second kappa shape index (κ2) is 4.76. The number of piperazine rings is 1. The third-order valence-electron chi connectivity index (χ3n) is 3.69. The molecular formula is C14H24N4. The van der Waals surface area contributed by atoms with E-state index in [1.54, 1.807) is 6.20 Å². The van der Waals surface area contributed by atoms with Gasteiger partial charge in [-0.15, -0.1) is 0 Å². The molecule has 0 aromatic carbocycles. The lowest BCUT2D eigenvalue weighted by Crippen LogP contribution is -2.53. The van der Waals surface area contributed by atoms with Crippen molar-refractivity contribution in [3.63, 3.8) is 0 Å². The minimum Gasteiger partial charge on any atom is -0.397 e. The molecule has 4 nitrogen and oxygen atoms in total. The molecule has 1 aromatic heterocycles. The third-order valence-corrected chi connectivity index (χ3v) is 3.69. The number of aromatic nitrogens is 1. The summed E-state index contributed by atoms with van der Waals surface area (Å²) in [6.07, 6.45) is 1.76. The lowest BCUT2D eigenvalue weighted by Gasteiger charge is -2.42. The van der Waals surface area contributed by atoms with Crippen molar-refractivity contribution in [3.05, 3.63) is 17.8 Å². The summed E-state index contributed by atoms with van der Waals surface area (Å²) >= 11 is 0. The first-order valence-corrected chi connectivity index (χ1v) is 6.60. The Kier molecular flexibility index (Phi) is 3.48. The summed E-state index contributed by atoms with van der Waals surface area (Å²) in [5, 5.41) is 0. The van der Waals surface area contributed by atoms with Gasteiger partial charge in [0.25, 0.3) is 0 Å². The summed E-state index contributed by atoms with van der Waals surface area (Å²) in [6.45, 7) is 13.1. The van der Waals surface area contributed by atoms with E-state index in [4.69, 9.17) is 5.73 Å². The highest BCUT2D eigenvalue weighted by Gasteiger charge is 2.26. The summed E-state index contributed by atoms with van der Waals surface area (Å²) in [5.41, 5.74) is 7.95. The maximum Gasteiger partial charge on any atom is 0.128 e. The molecule has 0 saturated carbocycles. The predicted molar refractivity (Wildman–Crippen MR) is 76.9 cm³/mol. The molecular weight excluding hydrogens is 224 g/mol. The fraction of sp³-hybridized carbons (Fsp3) is 0.643. The van der Waals surface area contributed by atoms with E-state index in [-0.39, 0.29) is 5.54 Å². The topological polar surface area (TPSA) is 45.4 Å². The zero-order chi connectivity index (χ0) is 13.3. The van der Waals surface area contributed by atoms with Crippen LogP contribution in [0.5, 0.6) is 0 Å². The van der Waals surface area contributed by atoms with Crippen LogP contribution in [0.15, 0.2) is 12.3 Å². The number of aryl methyl sites for hydroxylation is 1. The standard InChI is InChI=1S/C14H24N4/c1-11-9-13(16-10-12(11)15)17-5-7-18(8-6-17)14(2,3)4/h9-10H,5-8,15H2,1-4H3. The Morgan fingerprint density at radius 1 is 1.17 bits per heavy atom. The van der Waals surface area contributed by atoms with Crippen molar-refractivity contribution in [2.24, 2.45) is 0 Å². The quantitative estimate of drug-likeness (QED) is 0.824. The van der Waals surface area contributed by atoms with Crippen LogP contribution in [0.25, 0.3) is 0 Å². The highest BCUT2D eigenvalue weighted by Crippen LogP contribution is 2.21. The van der Waals surface area contributed by atoms with Gasteiger partial charge in [0.05, 0.1) is 11.9 Å². The minimum absolute atomic E-state index is 0.260. The molecule has 1 aromatic rings. The number of hydrogen-bond acceptors (Lipinski definition) is 4. The van der Waals surface area contributed by atoms with Crippen LogP contribution < -0.4 is 10.6 Å². The second-order valence-electron chi connectivity index (χ2n) is 6.04. The van der Waals surface area contributed by atoms with Crippen molar-refractivity contribution in [1.29, 1.82) is 0 Å². The first-order valence-electron chi connectivity index (χ1n) is 6.60. The van der Waals surface area contributed by atoms with Crippen molar-refractivity contribution in [3.8, 4) is 0 Å². The Balaban J connectivity index is 2.03. The monoisotopic (exact) mass is 248 g/mol. The van der Waals surface area contributed by atoms with Gasteiger partial charge < -0.3 is 10.6 Å². The molecule has 4 heteroatoms. The van der Waals surface area contributed by atoms with Crippen molar-refractivity contribution in [2.75, 3.05) is 36.8 Å². The number of nitrogens with zero attached hydrogens (tertiary/aromatic N) is 3. The number of nitrogens with two attached hydrogens (primary N) is 1. The van der Waals surface area contributed by atoms with E-state index in [0.717, 1.165) is 43.2 Å². The van der Waals surface area contributed by atoms with Crippen molar-refractivity contribution in [1.82, 2.24) is 9.88 Å². The SMILES string of the molecule is Cc1cc(N2CCN(C(C)(C)C)CC2)ncc1N. The molecule has 2 heterocycles. The predicted octanol–water partition coefficient (Wildman–Crippen LogP) is 1.89. The molecule has 1 fully saturated rings. The number of hydrogen-bond donors (Lipinski definition) is 1. The van der Waals surface area contributed by atoms with E-state index in [1.165, 1.54) is 0 Å². The molecule has 2 rings (SSSR count). The van der Waals surface area contributed by atoms with E-state index < -0.39 is 0 Å². The summed E-state index contributed by atoms with van der Waals surface area (Å²) < 4.78 is 0. The molecule has 0 unspecified atom stereocenters. The largest absolute Gasteiger partial charge is 0.397 e. The van der Waals surface area contributed by atoms with Crippen LogP contribution in [-0.4, -0.2) is 41.6 Å². The molecule has 18 heavy (non-hydrogen) atoms. The maximum atomic E-state index is 5.81. The van der Waals surface area contributed by atoms with E-state index in [2.05, 4.69) is 41.6 Å². The zero-order valence-electron chi connectivity index (χ0n) is 11.9. The smallest absolute Gasteiger partial charge is 0.128 e. The van der Waals surface area contributed by atoms with Gasteiger partial charge in [0.15, 0.2) is 0 Å². The van der Waals surface area contributed by atoms with Crippen LogP contribution in [0.1, 0.15) is 26.3 Å². The fourth-order valence-corrected chi connectivity index (χ4v) is 2.33. The van der Waals surface area contributed by atoms with E-state index in [1.807, 2.05) is 6.92 Å². The van der Waals surface area contributed by atoms with Gasteiger partial charge in [-0.25, -0.2) is 4.98 Å². The highest BCUT2D eigenvalue weighted by atomic mass is 15.3. The van der Waals surface area contributed by atoms with Gasteiger partial charge in [0.2, 0.25) is 0 Å². The van der Waals surface area contributed by atoms with Gasteiger partial charge in [-0.1, -0.05) is 0 Å². The van der Waals surface area contributed by atoms with Crippen LogP contribution in [0.3, 0.4) is 0 Å². The van der Waals surface area contributed by atoms with Gasteiger partial charge in [-0.2, -0.15) is 0 Å². The lowest BCUT2D eigenvalue weighted by atomic mass is 10.0. The van der Waals surface area contributed by atoms with Gasteiger partial charge in [-0.05, 0) is 39.3 Å². The number of anilines is 2. The van der Waals surface area contributed by atoms with Crippen LogP contribution in [0.4, 0.5) is 11.5 Å². The maximum absolute atomic E-state index is 5.81. The van der Waals surface area contributed by atoms with Gasteiger partial charge in [0.1, 0.15) is 5.82 Å². The molecule has 1 saturated heterocycles. The summed E-state index contributed by atoms with van der Waals surface area (Å²) in [6, 6.07) is 2.09. The van der Waals surface area contributed by atoms with Crippen LogP contribution in [0, 0.1) is 6.92 Å². The van der Waals surface area contributed by atoms with E-state index >= 15 is 0 Å². The molecule has 0 amide bonds. The fourth-order valence-electron chi connectivity index (χ4n) is 2.33. The summed E-state index contributed by atoms with van der Waals surface area (Å²) in [7, 11) is 0. The second-order valence-corrected chi connectivity index (χ2v) is 6.04. The molecule has 0 bridgehead atoms. The Labute approximate surface area is 110 Å². The Morgan fingerprint density at radius 2 is 1.78 bits per heavy atom. The van der Waals surface area contributed by atoms with Crippen molar-refractivity contribution < 1.29 is 0 Å². The van der Waals surface area contributed by atoms with Crippen LogP contribution in [-0.2, 0) is 0 Å². The lowest BCUT2D eigenvalue weighted by molar-refractivity contribution is 0.128. The molecule has 0 spiro atoms. The van der Waals surface area contributed by atoms with Crippen molar-refractivity contribution >= 4 is 11.5 Å². The molecule has 0 atom stereocenters. The normalized spacial score (nSPS) is 18.1. The first-order chi connectivity index (χ1) is 8.38. The van der Waals surface area contributed by atoms with Crippen molar-refractivity contribution in [2.45, 2.75) is 33.2 Å².